The summed E-state index contributed by atoms with van der Waals surface area (Å²) in [5.41, 5.74) is 2.37. The van der Waals surface area contributed by atoms with Crippen molar-refractivity contribution in [2.75, 3.05) is 23.7 Å². The van der Waals surface area contributed by atoms with Gasteiger partial charge in [0.15, 0.2) is 11.6 Å². The number of aliphatic carboxylic acids is 1. The summed E-state index contributed by atoms with van der Waals surface area (Å²) < 4.78 is 35.1. The van der Waals surface area contributed by atoms with Crippen molar-refractivity contribution in [2.24, 2.45) is 11.8 Å². The molecule has 3 saturated heterocycles. The summed E-state index contributed by atoms with van der Waals surface area (Å²) in [6.45, 7) is 1.53. The molecule has 6 heterocycles. The quantitative estimate of drug-likeness (QED) is 0.188. The van der Waals surface area contributed by atoms with E-state index in [9.17, 15) is 23.5 Å². The van der Waals surface area contributed by atoms with Crippen LogP contribution in [-0.2, 0) is 4.79 Å². The summed E-state index contributed by atoms with van der Waals surface area (Å²) in [5.74, 6) is -1.95. The Morgan fingerprint density at radius 2 is 1.82 bits per heavy atom. The molecule has 0 saturated carbocycles. The van der Waals surface area contributed by atoms with Gasteiger partial charge >= 0.3 is 5.97 Å². The first kappa shape index (κ1) is 27.2. The highest BCUT2D eigenvalue weighted by Gasteiger charge is 2.46. The summed E-state index contributed by atoms with van der Waals surface area (Å²) >= 11 is 0. The van der Waals surface area contributed by atoms with Gasteiger partial charge in [-0.1, -0.05) is 18.2 Å². The van der Waals surface area contributed by atoms with E-state index in [0.717, 1.165) is 32.0 Å². The lowest BCUT2D eigenvalue weighted by Crippen LogP contribution is -2.60. The van der Waals surface area contributed by atoms with Crippen LogP contribution in [0.3, 0.4) is 0 Å². The number of para-hydroxylation sites is 2. The minimum absolute atomic E-state index is 0.0427. The smallest absolute Gasteiger partial charge is 0.310 e. The van der Waals surface area contributed by atoms with Gasteiger partial charge in [0.1, 0.15) is 23.2 Å². The fraction of sp³-hybridized carbons (Fsp3) is 0.212. The molecule has 4 aliphatic heterocycles. The van der Waals surface area contributed by atoms with Crippen LogP contribution in [-0.4, -0.2) is 56.1 Å². The first-order valence-corrected chi connectivity index (χ1v) is 14.6. The molecule has 226 valence electrons. The van der Waals surface area contributed by atoms with E-state index < -0.39 is 29.7 Å². The van der Waals surface area contributed by atoms with E-state index in [1.807, 2.05) is 0 Å². The second-order valence-corrected chi connectivity index (χ2v) is 11.6. The number of hydrogen-bond acceptors (Lipinski definition) is 7. The minimum atomic E-state index is -0.875. The number of piperidine rings is 3. The molecular formula is C33H26F2N6O4. The van der Waals surface area contributed by atoms with E-state index in [1.54, 1.807) is 48.5 Å². The molecule has 3 aromatic carbocycles. The summed E-state index contributed by atoms with van der Waals surface area (Å²) in [4.78, 5) is 39.8. The van der Waals surface area contributed by atoms with Crippen molar-refractivity contribution in [3.63, 3.8) is 0 Å². The molecule has 1 amide bonds. The lowest BCUT2D eigenvalue weighted by molar-refractivity contribution is -0.151. The number of ether oxygens (including phenoxy) is 1. The zero-order valence-electron chi connectivity index (χ0n) is 23.7. The maximum absolute atomic E-state index is 14.6. The zero-order chi connectivity index (χ0) is 30.8. The van der Waals surface area contributed by atoms with Crippen LogP contribution in [0, 0.1) is 23.5 Å². The monoisotopic (exact) mass is 608 g/mol. The zero-order valence-corrected chi connectivity index (χ0v) is 23.7. The maximum Gasteiger partial charge on any atom is 0.310 e. The van der Waals surface area contributed by atoms with Gasteiger partial charge in [-0.05, 0) is 49.1 Å². The van der Waals surface area contributed by atoms with Crippen molar-refractivity contribution >= 4 is 34.3 Å². The summed E-state index contributed by atoms with van der Waals surface area (Å²) in [5, 5.41) is 16.6. The average Bonchev–Trinajstić information content (AvgIpc) is 3.40. The van der Waals surface area contributed by atoms with Crippen molar-refractivity contribution < 1.29 is 28.2 Å². The van der Waals surface area contributed by atoms with Gasteiger partial charge in [0.2, 0.25) is 0 Å². The van der Waals surface area contributed by atoms with Crippen molar-refractivity contribution in [1.29, 1.82) is 0 Å². The van der Waals surface area contributed by atoms with Crippen LogP contribution in [0.1, 0.15) is 23.2 Å². The van der Waals surface area contributed by atoms with Gasteiger partial charge in [0.25, 0.3) is 5.91 Å². The van der Waals surface area contributed by atoms with Gasteiger partial charge in [-0.3, -0.25) is 14.5 Å². The van der Waals surface area contributed by atoms with E-state index in [4.69, 9.17) is 14.7 Å². The molecule has 0 radical (unpaired) electrons. The summed E-state index contributed by atoms with van der Waals surface area (Å²) in [6, 6.07) is 15.9. The molecule has 4 aliphatic rings. The first-order valence-electron chi connectivity index (χ1n) is 14.6. The normalized spacial score (nSPS) is 21.8. The number of carbonyl (C=O) groups is 2. The number of fused-ring (bicyclic) bond motifs is 6. The number of H-pyrrole nitrogens is 1. The van der Waals surface area contributed by atoms with Crippen LogP contribution >= 0.6 is 0 Å². The van der Waals surface area contributed by atoms with Gasteiger partial charge in [-0.2, -0.15) is 0 Å². The predicted octanol–water partition coefficient (Wildman–Crippen LogP) is 6.09. The Hall–Kier alpha value is -5.36. The minimum Gasteiger partial charge on any atom is -0.481 e. The molecule has 45 heavy (non-hydrogen) atoms. The van der Waals surface area contributed by atoms with E-state index in [-0.39, 0.29) is 28.6 Å². The highest BCUT2D eigenvalue weighted by atomic mass is 19.1. The largest absolute Gasteiger partial charge is 0.481 e. The van der Waals surface area contributed by atoms with Crippen molar-refractivity contribution in [3.8, 4) is 34.1 Å². The number of anilines is 2. The van der Waals surface area contributed by atoms with E-state index in [2.05, 4.69) is 20.5 Å². The van der Waals surface area contributed by atoms with Gasteiger partial charge in [-0.15, -0.1) is 0 Å². The van der Waals surface area contributed by atoms with E-state index in [1.165, 1.54) is 12.3 Å². The number of benzene rings is 3. The van der Waals surface area contributed by atoms with Crippen LogP contribution in [0.4, 0.5) is 20.3 Å². The molecule has 12 heteroatoms. The molecule has 2 atom stereocenters. The number of hydrogen-bond donors (Lipinski definition) is 4. The fourth-order valence-electron chi connectivity index (χ4n) is 6.76. The Bertz CT molecular complexity index is 2020. The number of aromatic amines is 1. The number of carboxylic acids is 1. The number of rotatable bonds is 5. The lowest BCUT2D eigenvalue weighted by Gasteiger charge is -2.49. The molecule has 9 rings (SSSR count). The number of amides is 1. The number of nitrogens with zero attached hydrogens (tertiary/aromatic N) is 3. The number of carboxylic acid groups (broad SMARTS) is 1. The SMILES string of the molecule is O=C1Nc2ccccc2Oc2cc(-c3cc(NC4C(C(=O)O)C5CCN4CC5)nc(-c4c[nH]c5c(F)cc(F)cc45)n3)ccc21. The van der Waals surface area contributed by atoms with Crippen molar-refractivity contribution in [3.05, 3.63) is 84.1 Å². The molecule has 3 fully saturated rings. The Morgan fingerprint density at radius 3 is 2.64 bits per heavy atom. The van der Waals surface area contributed by atoms with Crippen molar-refractivity contribution in [2.45, 2.75) is 19.0 Å². The lowest BCUT2D eigenvalue weighted by atomic mass is 9.76. The molecule has 2 unspecified atom stereocenters. The molecule has 0 aliphatic carbocycles. The number of aromatic nitrogens is 3. The van der Waals surface area contributed by atoms with Gasteiger partial charge < -0.3 is 25.5 Å². The molecular weight excluding hydrogens is 582 g/mol. The third-order valence-corrected chi connectivity index (χ3v) is 8.95. The van der Waals surface area contributed by atoms with Gasteiger partial charge in [0.05, 0.1) is 34.5 Å². The van der Waals surface area contributed by atoms with E-state index >= 15 is 0 Å². The Balaban J connectivity index is 1.26. The standard InChI is InChI=1S/C33H26F2N6O4/c34-18-12-20-21(15-36-29(20)22(35)13-18)30-37-24(14-27(39-30)40-31-28(33(43)44)16-7-9-41(31)10-8-16)17-5-6-19-26(11-17)45-25-4-2-1-3-23(25)38-32(19)42/h1-6,11-16,28,31,36H,7-10H2,(H,38,42)(H,43,44)(H,37,39,40). The molecule has 2 aromatic heterocycles. The molecule has 0 spiro atoms. The second kappa shape index (κ2) is 10.4. The molecule has 5 aromatic rings. The van der Waals surface area contributed by atoms with Crippen LogP contribution in [0.15, 0.2) is 66.9 Å². The Labute approximate surface area is 255 Å². The maximum atomic E-state index is 14.6. The third kappa shape index (κ3) is 4.65. The second-order valence-electron chi connectivity index (χ2n) is 11.6. The van der Waals surface area contributed by atoms with E-state index in [0.29, 0.717) is 45.4 Å². The number of carbonyl (C=O) groups excluding carboxylic acids is 1. The van der Waals surface area contributed by atoms with Gasteiger partial charge in [-0.25, -0.2) is 18.7 Å². The predicted molar refractivity (Wildman–Crippen MR) is 162 cm³/mol. The first-order chi connectivity index (χ1) is 21.8. The Kier molecular flexibility index (Phi) is 6.27. The third-order valence-electron chi connectivity index (χ3n) is 8.95. The topological polar surface area (TPSA) is 132 Å². The molecule has 4 N–H and O–H groups in total. The number of nitrogens with one attached hydrogen (secondary N) is 3. The number of halogens is 2. The highest BCUT2D eigenvalue weighted by Crippen LogP contribution is 2.40. The summed E-state index contributed by atoms with van der Waals surface area (Å²) in [7, 11) is 0. The average molecular weight is 609 g/mol. The molecule has 2 bridgehead atoms. The van der Waals surface area contributed by atoms with Gasteiger partial charge in [0, 0.05) is 47.9 Å². The summed E-state index contributed by atoms with van der Waals surface area (Å²) in [6.07, 6.45) is 2.64. The van der Waals surface area contributed by atoms with Crippen LogP contribution < -0.4 is 15.4 Å². The fourth-order valence-corrected chi connectivity index (χ4v) is 6.76. The van der Waals surface area contributed by atoms with Crippen LogP contribution in [0.2, 0.25) is 0 Å². The van der Waals surface area contributed by atoms with Crippen molar-refractivity contribution in [1.82, 2.24) is 19.9 Å². The van der Waals surface area contributed by atoms with Crippen LogP contribution in [0.25, 0.3) is 33.5 Å². The highest BCUT2D eigenvalue weighted by molar-refractivity contribution is 6.08. The molecule has 10 nitrogen and oxygen atoms in total. The Morgan fingerprint density at radius 1 is 1.00 bits per heavy atom. The van der Waals surface area contributed by atoms with Crippen LogP contribution in [0.5, 0.6) is 11.5 Å².